The Morgan fingerprint density at radius 2 is 2.22 bits per heavy atom. The van der Waals surface area contributed by atoms with Crippen LogP contribution in [0.4, 0.5) is 0 Å². The molecule has 1 fully saturated rings. The van der Waals surface area contributed by atoms with Crippen LogP contribution in [0.25, 0.3) is 0 Å². The summed E-state index contributed by atoms with van der Waals surface area (Å²) in [6.07, 6.45) is 2.08. The smallest absolute Gasteiger partial charge is 0.321 e. The minimum absolute atomic E-state index is 0.221. The Kier molecular flexibility index (Phi) is 4.40. The number of carbonyl (C=O) groups is 1. The summed E-state index contributed by atoms with van der Waals surface area (Å²) in [6.45, 7) is 3.59. The molecule has 1 saturated heterocycles. The third-order valence-corrected chi connectivity index (χ3v) is 4.40. The van der Waals surface area contributed by atoms with E-state index in [9.17, 15) is 9.90 Å². The second-order valence-corrected chi connectivity index (χ2v) is 5.82. The number of nitrogens with zero attached hydrogens (tertiary/aromatic N) is 1. The molecular formula is C14H18BrNO2. The molecule has 0 amide bonds. The van der Waals surface area contributed by atoms with E-state index in [2.05, 4.69) is 20.8 Å². The van der Waals surface area contributed by atoms with Crippen LogP contribution >= 0.6 is 15.9 Å². The number of halogens is 1. The Morgan fingerprint density at radius 3 is 2.89 bits per heavy atom. The molecule has 1 aromatic rings. The summed E-state index contributed by atoms with van der Waals surface area (Å²) in [5.74, 6) is -0.479. The first-order valence-electron chi connectivity index (χ1n) is 6.30. The van der Waals surface area contributed by atoms with Gasteiger partial charge in [0.25, 0.3) is 0 Å². The largest absolute Gasteiger partial charge is 0.480 e. The molecule has 0 saturated carbocycles. The number of piperidine rings is 1. The Balaban J connectivity index is 2.16. The maximum absolute atomic E-state index is 11.4. The van der Waals surface area contributed by atoms with Crippen LogP contribution in [-0.4, -0.2) is 28.6 Å². The van der Waals surface area contributed by atoms with Gasteiger partial charge in [-0.1, -0.05) is 41.1 Å². The number of hydrogen-bond acceptors (Lipinski definition) is 2. The van der Waals surface area contributed by atoms with Crippen LogP contribution in [0.2, 0.25) is 0 Å². The first-order chi connectivity index (χ1) is 8.59. The summed E-state index contributed by atoms with van der Waals surface area (Å²) in [5.41, 5.74) is 1.15. The first-order valence-corrected chi connectivity index (χ1v) is 7.09. The molecule has 0 spiro atoms. The van der Waals surface area contributed by atoms with Gasteiger partial charge in [0.15, 0.2) is 0 Å². The van der Waals surface area contributed by atoms with E-state index in [0.29, 0.717) is 6.54 Å². The lowest BCUT2D eigenvalue weighted by molar-refractivity contribution is -0.147. The van der Waals surface area contributed by atoms with Gasteiger partial charge >= 0.3 is 5.97 Å². The van der Waals surface area contributed by atoms with E-state index in [0.717, 1.165) is 29.4 Å². The molecule has 1 heterocycles. The zero-order valence-electron chi connectivity index (χ0n) is 10.5. The van der Waals surface area contributed by atoms with Gasteiger partial charge in [-0.25, -0.2) is 0 Å². The topological polar surface area (TPSA) is 40.5 Å². The molecule has 1 aliphatic rings. The van der Waals surface area contributed by atoms with Crippen LogP contribution in [0, 0.1) is 5.92 Å². The van der Waals surface area contributed by atoms with E-state index < -0.39 is 5.97 Å². The van der Waals surface area contributed by atoms with Gasteiger partial charge in [0.05, 0.1) is 0 Å². The molecule has 18 heavy (non-hydrogen) atoms. The van der Waals surface area contributed by atoms with Gasteiger partial charge in [-0.15, -0.1) is 0 Å². The van der Waals surface area contributed by atoms with Gasteiger partial charge in [0.1, 0.15) is 6.04 Å². The molecule has 1 N–H and O–H groups in total. The molecule has 0 radical (unpaired) electrons. The summed E-state index contributed by atoms with van der Waals surface area (Å²) < 4.78 is 1.05. The second kappa shape index (κ2) is 5.85. The lowest BCUT2D eigenvalue weighted by atomic mass is 9.90. The van der Waals surface area contributed by atoms with Gasteiger partial charge < -0.3 is 5.11 Å². The molecule has 3 nitrogen and oxygen atoms in total. The number of rotatable bonds is 3. The molecular weight excluding hydrogens is 294 g/mol. The van der Waals surface area contributed by atoms with Crippen molar-refractivity contribution in [2.45, 2.75) is 32.4 Å². The number of carboxylic acids is 1. The monoisotopic (exact) mass is 311 g/mol. The summed E-state index contributed by atoms with van der Waals surface area (Å²) in [7, 11) is 0. The SMILES string of the molecule is CC1CCCN(Cc2ccccc2Br)C1C(=O)O. The fourth-order valence-electron chi connectivity index (χ4n) is 2.70. The van der Waals surface area contributed by atoms with E-state index in [1.54, 1.807) is 0 Å². The van der Waals surface area contributed by atoms with Crippen molar-refractivity contribution in [3.05, 3.63) is 34.3 Å². The number of benzene rings is 1. The van der Waals surface area contributed by atoms with Gasteiger partial charge in [0, 0.05) is 11.0 Å². The highest BCUT2D eigenvalue weighted by atomic mass is 79.9. The molecule has 1 aliphatic heterocycles. The Bertz CT molecular complexity index is 436. The van der Waals surface area contributed by atoms with Crippen LogP contribution in [0.3, 0.4) is 0 Å². The van der Waals surface area contributed by atoms with E-state index >= 15 is 0 Å². The minimum atomic E-state index is -0.700. The third kappa shape index (κ3) is 2.93. The van der Waals surface area contributed by atoms with Crippen molar-refractivity contribution in [1.29, 1.82) is 0 Å². The number of aliphatic carboxylic acids is 1. The van der Waals surface area contributed by atoms with E-state index in [1.807, 2.05) is 31.2 Å². The Hall–Kier alpha value is -0.870. The average Bonchev–Trinajstić information content (AvgIpc) is 2.31. The van der Waals surface area contributed by atoms with Crippen molar-refractivity contribution < 1.29 is 9.90 Å². The van der Waals surface area contributed by atoms with Gasteiger partial charge in [-0.05, 0) is 36.9 Å². The van der Waals surface area contributed by atoms with Crippen LogP contribution in [-0.2, 0) is 11.3 Å². The number of hydrogen-bond donors (Lipinski definition) is 1. The predicted octanol–water partition coefficient (Wildman–Crippen LogP) is 3.13. The highest BCUT2D eigenvalue weighted by Crippen LogP contribution is 2.27. The van der Waals surface area contributed by atoms with Gasteiger partial charge in [-0.3, -0.25) is 9.69 Å². The average molecular weight is 312 g/mol. The van der Waals surface area contributed by atoms with Gasteiger partial charge in [-0.2, -0.15) is 0 Å². The summed E-state index contributed by atoms with van der Waals surface area (Å²) in [6, 6.07) is 7.65. The maximum Gasteiger partial charge on any atom is 0.321 e. The van der Waals surface area contributed by atoms with Gasteiger partial charge in [0.2, 0.25) is 0 Å². The van der Waals surface area contributed by atoms with Crippen LogP contribution < -0.4 is 0 Å². The lowest BCUT2D eigenvalue weighted by Gasteiger charge is -2.37. The summed E-state index contributed by atoms with van der Waals surface area (Å²) >= 11 is 3.52. The summed E-state index contributed by atoms with van der Waals surface area (Å²) in [4.78, 5) is 13.5. The second-order valence-electron chi connectivity index (χ2n) is 4.96. The molecule has 2 rings (SSSR count). The normalized spacial score (nSPS) is 25.0. The van der Waals surface area contributed by atoms with E-state index in [-0.39, 0.29) is 12.0 Å². The molecule has 0 aromatic heterocycles. The number of carboxylic acid groups (broad SMARTS) is 1. The highest BCUT2D eigenvalue weighted by Gasteiger charge is 2.34. The molecule has 1 aromatic carbocycles. The Morgan fingerprint density at radius 1 is 1.50 bits per heavy atom. The lowest BCUT2D eigenvalue weighted by Crippen LogP contribution is -2.48. The molecule has 2 atom stereocenters. The van der Waals surface area contributed by atoms with Crippen LogP contribution in [0.1, 0.15) is 25.3 Å². The summed E-state index contributed by atoms with van der Waals surface area (Å²) in [5, 5.41) is 9.37. The Labute approximate surface area is 116 Å². The van der Waals surface area contributed by atoms with E-state index in [4.69, 9.17) is 0 Å². The van der Waals surface area contributed by atoms with Crippen molar-refractivity contribution >= 4 is 21.9 Å². The van der Waals surface area contributed by atoms with Crippen LogP contribution in [0.5, 0.6) is 0 Å². The fourth-order valence-corrected chi connectivity index (χ4v) is 3.11. The minimum Gasteiger partial charge on any atom is -0.480 e. The highest BCUT2D eigenvalue weighted by molar-refractivity contribution is 9.10. The quantitative estimate of drug-likeness (QED) is 0.932. The standard InChI is InChI=1S/C14H18BrNO2/c1-10-5-4-8-16(13(10)14(17)18)9-11-6-2-3-7-12(11)15/h2-3,6-7,10,13H,4-5,8-9H2,1H3,(H,17,18). The fraction of sp³-hybridized carbons (Fsp3) is 0.500. The zero-order valence-corrected chi connectivity index (χ0v) is 12.1. The van der Waals surface area contributed by atoms with Crippen molar-refractivity contribution in [1.82, 2.24) is 4.90 Å². The molecule has 4 heteroatoms. The molecule has 0 aliphatic carbocycles. The third-order valence-electron chi connectivity index (χ3n) is 3.62. The van der Waals surface area contributed by atoms with Crippen LogP contribution in [0.15, 0.2) is 28.7 Å². The van der Waals surface area contributed by atoms with Crippen molar-refractivity contribution in [2.24, 2.45) is 5.92 Å². The predicted molar refractivity (Wildman–Crippen MR) is 74.4 cm³/mol. The van der Waals surface area contributed by atoms with Crippen molar-refractivity contribution in [3.8, 4) is 0 Å². The number of likely N-dealkylation sites (tertiary alicyclic amines) is 1. The molecule has 0 bridgehead atoms. The van der Waals surface area contributed by atoms with Crippen molar-refractivity contribution in [3.63, 3.8) is 0 Å². The first kappa shape index (κ1) is 13.6. The molecule has 2 unspecified atom stereocenters. The van der Waals surface area contributed by atoms with E-state index in [1.165, 1.54) is 0 Å². The molecule has 98 valence electrons. The maximum atomic E-state index is 11.4. The zero-order chi connectivity index (χ0) is 13.1. The van der Waals surface area contributed by atoms with Crippen molar-refractivity contribution in [2.75, 3.05) is 6.54 Å².